The molecule has 3 nitrogen and oxygen atoms in total. The maximum Gasteiger partial charge on any atom is 0.250 e. The average Bonchev–Trinajstić information content (AvgIpc) is 2.41. The molecule has 0 spiro atoms. The van der Waals surface area contributed by atoms with Gasteiger partial charge in [0, 0.05) is 30.9 Å². The maximum absolute atomic E-state index is 12.0. The van der Waals surface area contributed by atoms with Crippen LogP contribution in [-0.2, 0) is 6.54 Å². The minimum Gasteiger partial charge on any atom is -0.308 e. The molecule has 3 heteroatoms. The summed E-state index contributed by atoms with van der Waals surface area (Å²) in [5, 5.41) is 0. The van der Waals surface area contributed by atoms with Gasteiger partial charge in [-0.25, -0.2) is 0 Å². The monoisotopic (exact) mass is 242 g/mol. The summed E-state index contributed by atoms with van der Waals surface area (Å²) in [6.07, 6.45) is 6.04. The fourth-order valence-corrected chi connectivity index (χ4v) is 4.00. The lowest BCUT2D eigenvalue weighted by Crippen LogP contribution is -2.52. The Bertz CT molecular complexity index is 572. The molecule has 1 saturated heterocycles. The standard InChI is InChI=1S/C15H18N2O/c18-14-7-1-6-13-12-5-3-9-16-8-2-4-11(15(12)16)10-17(13)14/h1,5-7,11,15H,2-4,8-10H2/t11-,15+/m1/s1. The number of fused-ring (bicyclic) bond motifs is 2. The van der Waals surface area contributed by atoms with Gasteiger partial charge in [0.15, 0.2) is 0 Å². The predicted octanol–water partition coefficient (Wildman–Crippen LogP) is 1.73. The molecule has 4 rings (SSSR count). The lowest BCUT2D eigenvalue weighted by atomic mass is 9.78. The van der Waals surface area contributed by atoms with E-state index in [4.69, 9.17) is 0 Å². The molecule has 2 atom stereocenters. The highest BCUT2D eigenvalue weighted by Crippen LogP contribution is 2.40. The summed E-state index contributed by atoms with van der Waals surface area (Å²) in [6.45, 7) is 3.34. The van der Waals surface area contributed by atoms with Crippen LogP contribution < -0.4 is 5.56 Å². The van der Waals surface area contributed by atoms with Crippen molar-refractivity contribution in [3.05, 3.63) is 40.3 Å². The molecule has 3 aliphatic heterocycles. The first-order valence-corrected chi connectivity index (χ1v) is 6.99. The number of nitrogens with zero attached hydrogens (tertiary/aromatic N) is 2. The zero-order valence-corrected chi connectivity index (χ0v) is 10.5. The minimum atomic E-state index is 0.162. The Kier molecular flexibility index (Phi) is 2.24. The van der Waals surface area contributed by atoms with Gasteiger partial charge in [-0.15, -0.1) is 0 Å². The Balaban J connectivity index is 1.92. The summed E-state index contributed by atoms with van der Waals surface area (Å²) in [6, 6.07) is 6.28. The SMILES string of the molecule is O=c1cccc2n1C[C@H]1CCCN3CCC=C2[C@H]13. The molecule has 0 saturated carbocycles. The molecule has 1 aromatic heterocycles. The van der Waals surface area contributed by atoms with Crippen LogP contribution in [0.5, 0.6) is 0 Å². The summed E-state index contributed by atoms with van der Waals surface area (Å²) in [5.74, 6) is 0.637. The Morgan fingerprint density at radius 2 is 2.17 bits per heavy atom. The van der Waals surface area contributed by atoms with Crippen LogP contribution in [0.3, 0.4) is 0 Å². The van der Waals surface area contributed by atoms with Crippen LogP contribution in [0.1, 0.15) is 25.0 Å². The van der Waals surface area contributed by atoms with Crippen molar-refractivity contribution in [1.29, 1.82) is 0 Å². The molecule has 0 radical (unpaired) electrons. The molecule has 0 N–H and O–H groups in total. The molecule has 0 unspecified atom stereocenters. The van der Waals surface area contributed by atoms with Gasteiger partial charge < -0.3 is 4.57 Å². The van der Waals surface area contributed by atoms with E-state index in [0.717, 1.165) is 18.7 Å². The number of piperidine rings is 1. The minimum absolute atomic E-state index is 0.162. The van der Waals surface area contributed by atoms with E-state index in [1.165, 1.54) is 31.5 Å². The highest BCUT2D eigenvalue weighted by atomic mass is 16.1. The molecule has 3 aliphatic rings. The van der Waals surface area contributed by atoms with Gasteiger partial charge in [-0.1, -0.05) is 12.1 Å². The molecule has 18 heavy (non-hydrogen) atoms. The van der Waals surface area contributed by atoms with Crippen LogP contribution in [0.4, 0.5) is 0 Å². The number of rotatable bonds is 0. The van der Waals surface area contributed by atoms with Gasteiger partial charge in [0.05, 0.1) is 0 Å². The Morgan fingerprint density at radius 1 is 1.22 bits per heavy atom. The van der Waals surface area contributed by atoms with E-state index in [-0.39, 0.29) is 5.56 Å². The van der Waals surface area contributed by atoms with Gasteiger partial charge in [0.25, 0.3) is 5.56 Å². The topological polar surface area (TPSA) is 25.2 Å². The zero-order valence-electron chi connectivity index (χ0n) is 10.5. The van der Waals surface area contributed by atoms with Gasteiger partial charge in [-0.2, -0.15) is 0 Å². The largest absolute Gasteiger partial charge is 0.308 e. The maximum atomic E-state index is 12.0. The summed E-state index contributed by atoms with van der Waals surface area (Å²) in [7, 11) is 0. The number of hydrogen-bond acceptors (Lipinski definition) is 2. The molecule has 94 valence electrons. The van der Waals surface area contributed by atoms with Crippen molar-refractivity contribution in [2.45, 2.75) is 31.8 Å². The molecule has 1 aromatic rings. The van der Waals surface area contributed by atoms with Crippen LogP contribution in [0, 0.1) is 5.92 Å². The summed E-state index contributed by atoms with van der Waals surface area (Å²) in [4.78, 5) is 14.7. The second-order valence-electron chi connectivity index (χ2n) is 5.69. The molecule has 0 aliphatic carbocycles. The molecular weight excluding hydrogens is 224 g/mol. The van der Waals surface area contributed by atoms with E-state index in [1.54, 1.807) is 6.07 Å². The fourth-order valence-electron chi connectivity index (χ4n) is 4.00. The lowest BCUT2D eigenvalue weighted by Gasteiger charge is -2.48. The second-order valence-corrected chi connectivity index (χ2v) is 5.69. The smallest absolute Gasteiger partial charge is 0.250 e. The Morgan fingerprint density at radius 3 is 3.11 bits per heavy atom. The Hall–Kier alpha value is -1.35. The summed E-state index contributed by atoms with van der Waals surface area (Å²) < 4.78 is 1.99. The first-order chi connectivity index (χ1) is 8.84. The van der Waals surface area contributed by atoms with Crippen molar-refractivity contribution in [2.24, 2.45) is 5.92 Å². The average molecular weight is 242 g/mol. The van der Waals surface area contributed by atoms with E-state index in [0.29, 0.717) is 12.0 Å². The highest BCUT2D eigenvalue weighted by Gasteiger charge is 2.40. The molecular formula is C15H18N2O. The second kappa shape index (κ2) is 3.82. The third-order valence-electron chi connectivity index (χ3n) is 4.72. The molecule has 1 fully saturated rings. The molecule has 4 heterocycles. The molecule has 0 aromatic carbocycles. The normalized spacial score (nSPS) is 30.3. The van der Waals surface area contributed by atoms with Crippen molar-refractivity contribution in [2.75, 3.05) is 13.1 Å². The van der Waals surface area contributed by atoms with Crippen LogP contribution in [0.2, 0.25) is 0 Å². The third-order valence-corrected chi connectivity index (χ3v) is 4.72. The van der Waals surface area contributed by atoms with Crippen molar-refractivity contribution >= 4 is 5.57 Å². The molecule has 0 bridgehead atoms. The van der Waals surface area contributed by atoms with E-state index < -0.39 is 0 Å². The first kappa shape index (κ1) is 10.6. The van der Waals surface area contributed by atoms with Crippen molar-refractivity contribution in [3.63, 3.8) is 0 Å². The lowest BCUT2D eigenvalue weighted by molar-refractivity contribution is 0.107. The van der Waals surface area contributed by atoms with Gasteiger partial charge >= 0.3 is 0 Å². The van der Waals surface area contributed by atoms with Crippen molar-refractivity contribution in [1.82, 2.24) is 9.47 Å². The van der Waals surface area contributed by atoms with Crippen LogP contribution >= 0.6 is 0 Å². The number of pyridine rings is 1. The fraction of sp³-hybridized carbons (Fsp3) is 0.533. The summed E-state index contributed by atoms with van der Waals surface area (Å²) >= 11 is 0. The first-order valence-electron chi connectivity index (χ1n) is 6.99. The van der Waals surface area contributed by atoms with Crippen LogP contribution in [0.25, 0.3) is 5.57 Å². The van der Waals surface area contributed by atoms with Gasteiger partial charge in [-0.05, 0) is 43.4 Å². The van der Waals surface area contributed by atoms with Gasteiger partial charge in [0.2, 0.25) is 0 Å². The van der Waals surface area contributed by atoms with Crippen LogP contribution in [0.15, 0.2) is 29.1 Å². The Labute approximate surface area is 107 Å². The number of aromatic nitrogens is 1. The van der Waals surface area contributed by atoms with Crippen molar-refractivity contribution in [3.8, 4) is 0 Å². The third kappa shape index (κ3) is 1.37. The predicted molar refractivity (Wildman–Crippen MR) is 71.4 cm³/mol. The number of hydrogen-bond donors (Lipinski definition) is 0. The van der Waals surface area contributed by atoms with E-state index in [2.05, 4.69) is 17.0 Å². The van der Waals surface area contributed by atoms with Crippen LogP contribution in [-0.4, -0.2) is 28.6 Å². The quantitative estimate of drug-likeness (QED) is 0.692. The zero-order chi connectivity index (χ0) is 12.1. The van der Waals surface area contributed by atoms with E-state index >= 15 is 0 Å². The van der Waals surface area contributed by atoms with Gasteiger partial charge in [-0.3, -0.25) is 9.69 Å². The van der Waals surface area contributed by atoms with Crippen molar-refractivity contribution < 1.29 is 0 Å². The molecule has 0 amide bonds. The van der Waals surface area contributed by atoms with E-state index in [9.17, 15) is 4.79 Å². The van der Waals surface area contributed by atoms with E-state index in [1.807, 2.05) is 10.6 Å². The highest BCUT2D eigenvalue weighted by molar-refractivity contribution is 5.69. The van der Waals surface area contributed by atoms with Gasteiger partial charge in [0.1, 0.15) is 0 Å². The summed E-state index contributed by atoms with van der Waals surface area (Å²) in [5.41, 5.74) is 2.74.